The van der Waals surface area contributed by atoms with Gasteiger partial charge in [0.05, 0.1) is 24.3 Å². The molecule has 3 N–H and O–H groups in total. The van der Waals surface area contributed by atoms with E-state index in [0.717, 1.165) is 56.2 Å². The predicted octanol–water partition coefficient (Wildman–Crippen LogP) is 4.35. The zero-order valence-electron chi connectivity index (χ0n) is 17.3. The van der Waals surface area contributed by atoms with Crippen molar-refractivity contribution in [3.8, 4) is 11.3 Å². The minimum atomic E-state index is -4.58. The van der Waals surface area contributed by atoms with Crippen molar-refractivity contribution in [2.24, 2.45) is 0 Å². The molecule has 1 atom stereocenters. The van der Waals surface area contributed by atoms with Gasteiger partial charge in [-0.05, 0) is 44.4 Å². The number of hydrogen-bond donors (Lipinski definition) is 3. The number of fused-ring (bicyclic) bond motifs is 1. The van der Waals surface area contributed by atoms with E-state index in [2.05, 4.69) is 30.6 Å². The molecule has 0 radical (unpaired) electrons. The summed E-state index contributed by atoms with van der Waals surface area (Å²) in [5, 5.41) is 7.00. The topological polar surface area (TPSA) is 87.8 Å². The van der Waals surface area contributed by atoms with E-state index in [4.69, 9.17) is 4.74 Å². The van der Waals surface area contributed by atoms with Crippen LogP contribution in [0.15, 0.2) is 30.8 Å². The van der Waals surface area contributed by atoms with Crippen LogP contribution in [0, 0.1) is 0 Å². The molecule has 168 valence electrons. The maximum absolute atomic E-state index is 13.8. The summed E-state index contributed by atoms with van der Waals surface area (Å²) in [6.07, 6.45) is 3.15. The van der Waals surface area contributed by atoms with Crippen molar-refractivity contribution in [3.05, 3.63) is 42.0 Å². The molecule has 3 aromatic rings. The molecule has 0 spiro atoms. The van der Waals surface area contributed by atoms with Gasteiger partial charge < -0.3 is 20.4 Å². The Morgan fingerprint density at radius 1 is 1.16 bits per heavy atom. The van der Waals surface area contributed by atoms with Crippen LogP contribution in [-0.4, -0.2) is 45.7 Å². The van der Waals surface area contributed by atoms with Crippen molar-refractivity contribution in [3.63, 3.8) is 0 Å². The number of piperidine rings is 1. The quantitative estimate of drug-likeness (QED) is 0.555. The van der Waals surface area contributed by atoms with Crippen molar-refractivity contribution in [2.75, 3.05) is 25.0 Å². The van der Waals surface area contributed by atoms with Gasteiger partial charge in [-0.25, -0.2) is 15.0 Å². The Morgan fingerprint density at radius 2 is 2.06 bits per heavy atom. The zero-order valence-corrected chi connectivity index (χ0v) is 17.3. The molecule has 5 rings (SSSR count). The van der Waals surface area contributed by atoms with Crippen LogP contribution in [-0.2, 0) is 10.9 Å². The fourth-order valence-corrected chi connectivity index (χ4v) is 4.15. The number of ether oxygens (including phenoxy) is 1. The highest BCUT2D eigenvalue weighted by Gasteiger charge is 2.36. The third kappa shape index (κ3) is 4.14. The molecule has 5 heterocycles. The number of nitrogens with one attached hydrogen (secondary N) is 3. The third-order valence-corrected chi connectivity index (χ3v) is 5.78. The predicted molar refractivity (Wildman–Crippen MR) is 115 cm³/mol. The van der Waals surface area contributed by atoms with E-state index in [-0.39, 0.29) is 17.7 Å². The minimum absolute atomic E-state index is 0.0755. The molecule has 10 heteroatoms. The molecule has 1 unspecified atom stereocenters. The number of halogens is 3. The molecule has 3 aromatic heterocycles. The van der Waals surface area contributed by atoms with Crippen LogP contribution in [0.5, 0.6) is 0 Å². The number of pyridine rings is 1. The average molecular weight is 444 g/mol. The van der Waals surface area contributed by atoms with Crippen molar-refractivity contribution in [1.82, 2.24) is 25.3 Å². The lowest BCUT2D eigenvalue weighted by atomic mass is 10.0. The van der Waals surface area contributed by atoms with Crippen LogP contribution < -0.4 is 10.6 Å². The van der Waals surface area contributed by atoms with Gasteiger partial charge in [-0.2, -0.15) is 13.2 Å². The molecular weight excluding hydrogens is 421 g/mol. The van der Waals surface area contributed by atoms with E-state index >= 15 is 0 Å². The summed E-state index contributed by atoms with van der Waals surface area (Å²) in [5.41, 5.74) is 1.52. The summed E-state index contributed by atoms with van der Waals surface area (Å²) in [6, 6.07) is 3.66. The van der Waals surface area contributed by atoms with Gasteiger partial charge in [-0.15, -0.1) is 0 Å². The van der Waals surface area contributed by atoms with Gasteiger partial charge in [0.2, 0.25) is 5.95 Å². The van der Waals surface area contributed by atoms with E-state index in [0.29, 0.717) is 23.2 Å². The Bertz CT molecular complexity index is 1150. The minimum Gasteiger partial charge on any atom is -0.501 e. The molecular formula is C22H23F3N6O. The van der Waals surface area contributed by atoms with Gasteiger partial charge in [0.15, 0.2) is 0 Å². The van der Waals surface area contributed by atoms with Crippen molar-refractivity contribution < 1.29 is 17.9 Å². The summed E-state index contributed by atoms with van der Waals surface area (Å²) in [4.78, 5) is 15.8. The summed E-state index contributed by atoms with van der Waals surface area (Å²) < 4.78 is 46.7. The molecule has 0 aliphatic carbocycles. The van der Waals surface area contributed by atoms with Crippen molar-refractivity contribution in [1.29, 1.82) is 0 Å². The lowest BCUT2D eigenvalue weighted by Gasteiger charge is -2.24. The Balaban J connectivity index is 1.54. The van der Waals surface area contributed by atoms with Gasteiger partial charge in [0, 0.05) is 41.5 Å². The Kier molecular flexibility index (Phi) is 5.46. The van der Waals surface area contributed by atoms with Crippen LogP contribution >= 0.6 is 0 Å². The SMILES string of the molecule is FC(F)(F)c1cnc(NC2CCCNC2)nc1-c1c[nH]c2nc(C3=COCCC3)ccc12. The molecule has 0 bridgehead atoms. The molecule has 32 heavy (non-hydrogen) atoms. The first-order valence-corrected chi connectivity index (χ1v) is 10.7. The highest BCUT2D eigenvalue weighted by molar-refractivity contribution is 5.94. The standard InChI is InChI=1S/C22H23F3N6O/c23-22(24,25)17-11-28-21(29-14-4-1-7-26-9-14)31-19(17)16-10-27-20-15(16)5-6-18(30-20)13-3-2-8-32-12-13/h5-6,10-12,14,26H,1-4,7-9H2,(H,27,30)(H,28,29,31). The van der Waals surface area contributed by atoms with Crippen LogP contribution in [0.2, 0.25) is 0 Å². The smallest absolute Gasteiger partial charge is 0.419 e. The first kappa shape index (κ1) is 20.7. The zero-order chi connectivity index (χ0) is 22.1. The number of H-pyrrole nitrogens is 1. The van der Waals surface area contributed by atoms with Crippen LogP contribution in [0.3, 0.4) is 0 Å². The lowest BCUT2D eigenvalue weighted by molar-refractivity contribution is -0.137. The van der Waals surface area contributed by atoms with E-state index in [1.54, 1.807) is 12.3 Å². The Morgan fingerprint density at radius 3 is 2.81 bits per heavy atom. The number of aromatic amines is 1. The number of rotatable bonds is 4. The van der Waals surface area contributed by atoms with Gasteiger partial charge in [-0.3, -0.25) is 0 Å². The first-order valence-electron chi connectivity index (χ1n) is 10.7. The van der Waals surface area contributed by atoms with Gasteiger partial charge in [0.25, 0.3) is 0 Å². The Labute approximate surface area is 182 Å². The van der Waals surface area contributed by atoms with Crippen LogP contribution in [0.25, 0.3) is 27.9 Å². The maximum atomic E-state index is 13.8. The molecule has 1 fully saturated rings. The first-order chi connectivity index (χ1) is 15.5. The van der Waals surface area contributed by atoms with Gasteiger partial charge in [0.1, 0.15) is 11.2 Å². The lowest BCUT2D eigenvalue weighted by Crippen LogP contribution is -2.38. The molecule has 1 saturated heterocycles. The molecule has 7 nitrogen and oxygen atoms in total. The maximum Gasteiger partial charge on any atom is 0.419 e. The van der Waals surface area contributed by atoms with Gasteiger partial charge in [-0.1, -0.05) is 0 Å². The van der Waals surface area contributed by atoms with E-state index in [1.165, 1.54) is 6.20 Å². The number of anilines is 1. The second-order valence-corrected chi connectivity index (χ2v) is 8.05. The fraction of sp³-hybridized carbons (Fsp3) is 0.409. The molecule has 0 amide bonds. The number of aromatic nitrogens is 4. The fourth-order valence-electron chi connectivity index (χ4n) is 4.15. The highest BCUT2D eigenvalue weighted by Crippen LogP contribution is 2.39. The summed E-state index contributed by atoms with van der Waals surface area (Å²) in [7, 11) is 0. The monoisotopic (exact) mass is 444 g/mol. The van der Waals surface area contributed by atoms with E-state index in [9.17, 15) is 13.2 Å². The van der Waals surface area contributed by atoms with Crippen LogP contribution in [0.1, 0.15) is 36.9 Å². The molecule has 2 aliphatic rings. The molecule has 0 saturated carbocycles. The van der Waals surface area contributed by atoms with E-state index in [1.807, 2.05) is 6.07 Å². The summed E-state index contributed by atoms with van der Waals surface area (Å²) in [5.74, 6) is 0.185. The molecule has 0 aromatic carbocycles. The number of hydrogen-bond acceptors (Lipinski definition) is 6. The number of alkyl halides is 3. The third-order valence-electron chi connectivity index (χ3n) is 5.78. The second-order valence-electron chi connectivity index (χ2n) is 8.05. The van der Waals surface area contributed by atoms with Crippen molar-refractivity contribution >= 4 is 22.6 Å². The number of allylic oxidation sites excluding steroid dienone is 1. The van der Waals surface area contributed by atoms with Crippen molar-refractivity contribution in [2.45, 2.75) is 37.9 Å². The summed E-state index contributed by atoms with van der Waals surface area (Å²) in [6.45, 7) is 2.34. The largest absolute Gasteiger partial charge is 0.501 e. The summed E-state index contributed by atoms with van der Waals surface area (Å²) >= 11 is 0. The normalized spacial score (nSPS) is 19.5. The van der Waals surface area contributed by atoms with Gasteiger partial charge >= 0.3 is 6.18 Å². The van der Waals surface area contributed by atoms with E-state index < -0.39 is 11.7 Å². The highest BCUT2D eigenvalue weighted by atomic mass is 19.4. The second kappa shape index (κ2) is 8.42. The molecule has 2 aliphatic heterocycles. The van der Waals surface area contributed by atoms with Crippen LogP contribution in [0.4, 0.5) is 19.1 Å². The average Bonchev–Trinajstić information content (AvgIpc) is 3.23. The Hall–Kier alpha value is -3.14. The number of nitrogens with zero attached hydrogens (tertiary/aromatic N) is 3.